The van der Waals surface area contributed by atoms with Crippen LogP contribution in [0.15, 0.2) is 53.8 Å². The Hall–Kier alpha value is -1.50. The van der Waals surface area contributed by atoms with Crippen LogP contribution < -0.4 is 0 Å². The highest BCUT2D eigenvalue weighted by molar-refractivity contribution is 5.16. The van der Waals surface area contributed by atoms with Gasteiger partial charge in [-0.05, 0) is 56.1 Å². The highest BCUT2D eigenvalue weighted by atomic mass is 16.5. The van der Waals surface area contributed by atoms with Gasteiger partial charge >= 0.3 is 0 Å². The fourth-order valence-corrected chi connectivity index (χ4v) is 3.26. The first kappa shape index (κ1) is 13.5. The van der Waals surface area contributed by atoms with E-state index in [9.17, 15) is 0 Å². The first-order valence-corrected chi connectivity index (χ1v) is 7.96. The Morgan fingerprint density at radius 1 is 1.00 bits per heavy atom. The third-order valence-electron chi connectivity index (χ3n) is 4.49. The molecule has 0 radical (unpaired) electrons. The Kier molecular flexibility index (Phi) is 4.57. The van der Waals surface area contributed by atoms with Gasteiger partial charge in [0.2, 0.25) is 0 Å². The standard InChI is InChI=1S/C19H24O/c1-3-7-16(8-4-1)15-20-19-13-11-18(12-14-19)17-9-5-2-6-10-17/h1,3-4,7-9,13,18H,2,5-6,10-12,14-15H2. The molecule has 0 N–H and O–H groups in total. The van der Waals surface area contributed by atoms with Gasteiger partial charge in [-0.25, -0.2) is 0 Å². The zero-order valence-electron chi connectivity index (χ0n) is 12.2. The smallest absolute Gasteiger partial charge is 0.113 e. The van der Waals surface area contributed by atoms with Gasteiger partial charge in [0.15, 0.2) is 0 Å². The van der Waals surface area contributed by atoms with E-state index in [4.69, 9.17) is 4.74 Å². The van der Waals surface area contributed by atoms with E-state index < -0.39 is 0 Å². The predicted octanol–water partition coefficient (Wildman–Crippen LogP) is 5.39. The highest BCUT2D eigenvalue weighted by Gasteiger charge is 2.19. The molecule has 0 aliphatic heterocycles. The quantitative estimate of drug-likeness (QED) is 0.665. The zero-order chi connectivity index (χ0) is 13.6. The second-order valence-corrected chi connectivity index (χ2v) is 5.94. The lowest BCUT2D eigenvalue weighted by Gasteiger charge is -2.26. The van der Waals surface area contributed by atoms with Crippen molar-refractivity contribution in [1.29, 1.82) is 0 Å². The molecule has 0 saturated heterocycles. The minimum absolute atomic E-state index is 0.708. The lowest BCUT2D eigenvalue weighted by atomic mass is 9.82. The van der Waals surface area contributed by atoms with E-state index in [1.807, 2.05) is 6.07 Å². The van der Waals surface area contributed by atoms with Crippen molar-refractivity contribution >= 4 is 0 Å². The molecule has 106 valence electrons. The number of hydrogen-bond acceptors (Lipinski definition) is 1. The fourth-order valence-electron chi connectivity index (χ4n) is 3.26. The summed E-state index contributed by atoms with van der Waals surface area (Å²) in [5.41, 5.74) is 2.97. The molecule has 0 fully saturated rings. The molecule has 0 saturated carbocycles. The molecule has 1 aromatic rings. The Balaban J connectivity index is 1.51. The third kappa shape index (κ3) is 3.53. The van der Waals surface area contributed by atoms with E-state index in [0.29, 0.717) is 6.61 Å². The Morgan fingerprint density at radius 3 is 2.60 bits per heavy atom. The Labute approximate surface area is 122 Å². The van der Waals surface area contributed by atoms with Gasteiger partial charge in [0.25, 0.3) is 0 Å². The molecule has 0 spiro atoms. The van der Waals surface area contributed by atoms with Gasteiger partial charge in [0.05, 0.1) is 5.76 Å². The number of allylic oxidation sites excluding steroid dienone is 4. The van der Waals surface area contributed by atoms with Crippen LogP contribution in [0.5, 0.6) is 0 Å². The van der Waals surface area contributed by atoms with Gasteiger partial charge in [-0.2, -0.15) is 0 Å². The summed E-state index contributed by atoms with van der Waals surface area (Å²) in [6, 6.07) is 10.4. The minimum Gasteiger partial charge on any atom is -0.494 e. The van der Waals surface area contributed by atoms with Crippen molar-refractivity contribution in [2.24, 2.45) is 5.92 Å². The summed E-state index contributed by atoms with van der Waals surface area (Å²) >= 11 is 0. The average Bonchev–Trinajstić information content (AvgIpc) is 2.55. The molecule has 1 atom stereocenters. The van der Waals surface area contributed by atoms with Gasteiger partial charge in [-0.15, -0.1) is 0 Å². The Morgan fingerprint density at radius 2 is 1.90 bits per heavy atom. The van der Waals surface area contributed by atoms with Crippen molar-refractivity contribution in [2.45, 2.75) is 51.6 Å². The molecule has 3 rings (SSSR count). The molecule has 2 aliphatic carbocycles. The maximum atomic E-state index is 5.95. The first-order chi connectivity index (χ1) is 9.92. The van der Waals surface area contributed by atoms with Crippen LogP contribution in [-0.2, 0) is 11.3 Å². The van der Waals surface area contributed by atoms with Crippen LogP contribution in [0.1, 0.15) is 50.5 Å². The Bertz CT molecular complexity index is 484. The van der Waals surface area contributed by atoms with Crippen LogP contribution in [0.25, 0.3) is 0 Å². The summed E-state index contributed by atoms with van der Waals surface area (Å²) in [6.07, 6.45) is 13.8. The number of rotatable bonds is 4. The fraction of sp³-hybridized carbons (Fsp3) is 0.474. The van der Waals surface area contributed by atoms with Crippen LogP contribution in [0.4, 0.5) is 0 Å². The lowest BCUT2D eigenvalue weighted by Crippen LogP contribution is -2.11. The number of benzene rings is 1. The van der Waals surface area contributed by atoms with Crippen molar-refractivity contribution in [3.63, 3.8) is 0 Å². The van der Waals surface area contributed by atoms with Gasteiger partial charge in [-0.3, -0.25) is 0 Å². The van der Waals surface area contributed by atoms with Gasteiger partial charge in [0.1, 0.15) is 6.61 Å². The van der Waals surface area contributed by atoms with Crippen molar-refractivity contribution in [3.05, 3.63) is 59.4 Å². The van der Waals surface area contributed by atoms with E-state index in [0.717, 1.165) is 12.3 Å². The molecule has 0 aromatic heterocycles. The van der Waals surface area contributed by atoms with Gasteiger partial charge in [0, 0.05) is 6.42 Å². The van der Waals surface area contributed by atoms with Crippen molar-refractivity contribution in [3.8, 4) is 0 Å². The van der Waals surface area contributed by atoms with Crippen LogP contribution >= 0.6 is 0 Å². The van der Waals surface area contributed by atoms with Crippen LogP contribution in [0.2, 0.25) is 0 Å². The van der Waals surface area contributed by atoms with Gasteiger partial charge in [-0.1, -0.05) is 42.0 Å². The summed E-state index contributed by atoms with van der Waals surface area (Å²) in [6.45, 7) is 0.708. The maximum absolute atomic E-state index is 5.95. The summed E-state index contributed by atoms with van der Waals surface area (Å²) in [7, 11) is 0. The summed E-state index contributed by atoms with van der Waals surface area (Å²) < 4.78 is 5.95. The van der Waals surface area contributed by atoms with Gasteiger partial charge < -0.3 is 4.74 Å². The van der Waals surface area contributed by atoms with E-state index in [1.165, 1.54) is 49.8 Å². The van der Waals surface area contributed by atoms with Crippen molar-refractivity contribution in [2.75, 3.05) is 0 Å². The monoisotopic (exact) mass is 268 g/mol. The maximum Gasteiger partial charge on any atom is 0.113 e. The predicted molar refractivity (Wildman–Crippen MR) is 83.2 cm³/mol. The molecule has 0 amide bonds. The number of ether oxygens (including phenoxy) is 1. The molecule has 20 heavy (non-hydrogen) atoms. The van der Waals surface area contributed by atoms with E-state index >= 15 is 0 Å². The SMILES string of the molecule is C1=C(OCc2ccccc2)CCC(C2=CCCCC2)C1. The molecule has 1 aromatic carbocycles. The third-order valence-corrected chi connectivity index (χ3v) is 4.49. The first-order valence-electron chi connectivity index (χ1n) is 7.96. The minimum atomic E-state index is 0.708. The summed E-state index contributed by atoms with van der Waals surface area (Å²) in [5.74, 6) is 1.99. The molecular weight excluding hydrogens is 244 g/mol. The van der Waals surface area contributed by atoms with Crippen molar-refractivity contribution < 1.29 is 4.74 Å². The molecule has 0 heterocycles. The molecular formula is C19H24O. The summed E-state index contributed by atoms with van der Waals surface area (Å²) in [5, 5.41) is 0. The molecule has 1 heteroatoms. The highest BCUT2D eigenvalue weighted by Crippen LogP contribution is 2.34. The van der Waals surface area contributed by atoms with E-state index in [1.54, 1.807) is 5.57 Å². The average molecular weight is 268 g/mol. The van der Waals surface area contributed by atoms with Crippen LogP contribution in [0.3, 0.4) is 0 Å². The van der Waals surface area contributed by atoms with E-state index in [2.05, 4.69) is 36.4 Å². The van der Waals surface area contributed by atoms with Crippen LogP contribution in [0, 0.1) is 5.92 Å². The largest absolute Gasteiger partial charge is 0.494 e. The molecule has 2 aliphatic rings. The summed E-state index contributed by atoms with van der Waals surface area (Å²) in [4.78, 5) is 0. The molecule has 0 bridgehead atoms. The second-order valence-electron chi connectivity index (χ2n) is 5.94. The molecule has 1 unspecified atom stereocenters. The van der Waals surface area contributed by atoms with Crippen molar-refractivity contribution in [1.82, 2.24) is 0 Å². The lowest BCUT2D eigenvalue weighted by molar-refractivity contribution is 0.178. The number of hydrogen-bond donors (Lipinski definition) is 0. The second kappa shape index (κ2) is 6.78. The molecule has 1 nitrogen and oxygen atoms in total. The van der Waals surface area contributed by atoms with Crippen LogP contribution in [-0.4, -0.2) is 0 Å². The topological polar surface area (TPSA) is 9.23 Å². The van der Waals surface area contributed by atoms with E-state index in [-0.39, 0.29) is 0 Å². The zero-order valence-corrected chi connectivity index (χ0v) is 12.2. The normalized spacial score (nSPS) is 22.9.